The number of hydrogen-bond acceptors (Lipinski definition) is 4. The molecule has 15 heavy (non-hydrogen) atoms. The highest BCUT2D eigenvalue weighted by Crippen LogP contribution is 2.41. The Morgan fingerprint density at radius 3 is 3.00 bits per heavy atom. The van der Waals surface area contributed by atoms with Crippen LogP contribution in [0.3, 0.4) is 0 Å². The molecule has 0 spiro atoms. The number of allylic oxidation sites excluding steroid dienone is 1. The zero-order valence-electron chi connectivity index (χ0n) is 8.80. The Bertz CT molecular complexity index is 321. The number of rotatable bonds is 2. The number of ether oxygens (including phenoxy) is 2. The molecule has 4 atom stereocenters. The van der Waals surface area contributed by atoms with Gasteiger partial charge < -0.3 is 14.3 Å². The van der Waals surface area contributed by atoms with E-state index < -0.39 is 0 Å². The maximum absolute atomic E-state index is 11.0. The fourth-order valence-electron chi connectivity index (χ4n) is 2.45. The topological polar surface area (TPSA) is 52.6 Å². The molecule has 0 aromatic heterocycles. The second-order valence-electron chi connectivity index (χ2n) is 4.11. The van der Waals surface area contributed by atoms with Crippen LogP contribution in [-0.4, -0.2) is 24.5 Å². The minimum absolute atomic E-state index is 0.00421. The molecule has 1 aliphatic carbocycles. The number of esters is 1. The molecule has 0 aromatic rings. The third kappa shape index (κ3) is 1.76. The van der Waals surface area contributed by atoms with Gasteiger partial charge >= 0.3 is 5.97 Å². The Morgan fingerprint density at radius 2 is 2.40 bits per heavy atom. The zero-order valence-corrected chi connectivity index (χ0v) is 8.80. The van der Waals surface area contributed by atoms with Crippen LogP contribution in [0.1, 0.15) is 20.3 Å². The number of carbonyl (C=O) groups excluding carboxylic acids is 2. The van der Waals surface area contributed by atoms with Gasteiger partial charge in [-0.1, -0.05) is 0 Å². The summed E-state index contributed by atoms with van der Waals surface area (Å²) in [5.41, 5.74) is 0. The van der Waals surface area contributed by atoms with Crippen LogP contribution in [0.4, 0.5) is 0 Å². The molecule has 0 radical (unpaired) electrons. The van der Waals surface area contributed by atoms with Gasteiger partial charge in [0.1, 0.15) is 18.5 Å². The molecule has 4 heteroatoms. The van der Waals surface area contributed by atoms with Crippen molar-refractivity contribution in [1.29, 1.82) is 0 Å². The molecule has 1 aliphatic heterocycles. The first-order chi connectivity index (χ1) is 7.11. The second-order valence-corrected chi connectivity index (χ2v) is 4.11. The van der Waals surface area contributed by atoms with Gasteiger partial charge in [-0.05, 0) is 13.0 Å². The monoisotopic (exact) mass is 210 g/mol. The molecule has 1 fully saturated rings. The fraction of sp³-hybridized carbons (Fsp3) is 0.636. The van der Waals surface area contributed by atoms with E-state index in [1.165, 1.54) is 6.92 Å². The maximum atomic E-state index is 11.0. The van der Waals surface area contributed by atoms with Gasteiger partial charge in [-0.15, -0.1) is 0 Å². The van der Waals surface area contributed by atoms with E-state index in [1.807, 2.05) is 13.0 Å². The summed E-state index contributed by atoms with van der Waals surface area (Å²) in [5, 5.41) is 0. The normalized spacial score (nSPS) is 37.9. The molecular formula is C11H14O4. The lowest BCUT2D eigenvalue weighted by molar-refractivity contribution is -0.148. The van der Waals surface area contributed by atoms with Crippen LogP contribution in [0.2, 0.25) is 0 Å². The summed E-state index contributed by atoms with van der Waals surface area (Å²) in [6.07, 6.45) is 3.12. The van der Waals surface area contributed by atoms with Gasteiger partial charge in [0, 0.05) is 19.3 Å². The Morgan fingerprint density at radius 1 is 1.67 bits per heavy atom. The molecule has 0 saturated heterocycles. The van der Waals surface area contributed by atoms with Crippen LogP contribution in [0.15, 0.2) is 11.8 Å². The van der Waals surface area contributed by atoms with Crippen molar-refractivity contribution in [2.24, 2.45) is 11.8 Å². The minimum atomic E-state index is -0.340. The van der Waals surface area contributed by atoms with Crippen molar-refractivity contribution >= 4 is 12.3 Å². The highest BCUT2D eigenvalue weighted by molar-refractivity contribution is 5.67. The van der Waals surface area contributed by atoms with Gasteiger partial charge in [0.05, 0.1) is 11.7 Å². The Labute approximate surface area is 88.2 Å². The van der Waals surface area contributed by atoms with E-state index in [4.69, 9.17) is 9.47 Å². The number of aldehydes is 1. The molecule has 4 nitrogen and oxygen atoms in total. The lowest BCUT2D eigenvalue weighted by Crippen LogP contribution is -2.24. The Hall–Kier alpha value is -1.32. The zero-order chi connectivity index (χ0) is 11.0. The quantitative estimate of drug-likeness (QED) is 0.505. The number of carbonyl (C=O) groups is 2. The van der Waals surface area contributed by atoms with E-state index in [-0.39, 0.29) is 30.0 Å². The molecule has 1 saturated carbocycles. The fourth-order valence-corrected chi connectivity index (χ4v) is 2.45. The highest BCUT2D eigenvalue weighted by atomic mass is 16.5. The summed E-state index contributed by atoms with van der Waals surface area (Å²) in [6, 6.07) is 0. The Balaban J connectivity index is 2.12. The standard InChI is InChI=1S/C11H14O4/c1-6-3-8-9(5-12)11(15-7(2)13)4-10(8)14-6/h3,5,8-11H,4H2,1-2H3/t8?,9-,10+,11-/m1/s1. The van der Waals surface area contributed by atoms with Gasteiger partial charge in [-0.25, -0.2) is 0 Å². The third-order valence-electron chi connectivity index (χ3n) is 3.01. The lowest BCUT2D eigenvalue weighted by Gasteiger charge is -2.15. The maximum Gasteiger partial charge on any atom is 0.302 e. The second kappa shape index (κ2) is 3.68. The van der Waals surface area contributed by atoms with Crippen LogP contribution in [0, 0.1) is 11.8 Å². The summed E-state index contributed by atoms with van der Waals surface area (Å²) in [7, 11) is 0. The van der Waals surface area contributed by atoms with Crippen molar-refractivity contribution in [3.8, 4) is 0 Å². The van der Waals surface area contributed by atoms with Crippen LogP contribution < -0.4 is 0 Å². The van der Waals surface area contributed by atoms with Crippen LogP contribution in [-0.2, 0) is 19.1 Å². The smallest absolute Gasteiger partial charge is 0.302 e. The number of fused-ring (bicyclic) bond motifs is 1. The van der Waals surface area contributed by atoms with Crippen LogP contribution in [0.25, 0.3) is 0 Å². The minimum Gasteiger partial charge on any atom is -0.495 e. The molecule has 0 bridgehead atoms. The average molecular weight is 210 g/mol. The van der Waals surface area contributed by atoms with E-state index >= 15 is 0 Å². The van der Waals surface area contributed by atoms with Gasteiger partial charge in [0.15, 0.2) is 0 Å². The van der Waals surface area contributed by atoms with E-state index in [9.17, 15) is 9.59 Å². The predicted molar refractivity (Wildman–Crippen MR) is 51.8 cm³/mol. The first-order valence-corrected chi connectivity index (χ1v) is 5.09. The molecule has 1 unspecified atom stereocenters. The van der Waals surface area contributed by atoms with Crippen molar-refractivity contribution in [2.45, 2.75) is 32.5 Å². The SMILES string of the molecule is CC(=O)O[C@@H]1C[C@@H]2OC(C)=CC2[C@H]1C=O. The summed E-state index contributed by atoms with van der Waals surface area (Å²) < 4.78 is 10.6. The summed E-state index contributed by atoms with van der Waals surface area (Å²) in [6.45, 7) is 3.24. The van der Waals surface area contributed by atoms with Crippen molar-refractivity contribution < 1.29 is 19.1 Å². The third-order valence-corrected chi connectivity index (χ3v) is 3.01. The first kappa shape index (κ1) is 10.2. The molecule has 0 N–H and O–H groups in total. The van der Waals surface area contributed by atoms with E-state index in [1.54, 1.807) is 0 Å². The van der Waals surface area contributed by atoms with Gasteiger partial charge in [-0.3, -0.25) is 4.79 Å². The van der Waals surface area contributed by atoms with Crippen molar-refractivity contribution in [3.63, 3.8) is 0 Å². The highest BCUT2D eigenvalue weighted by Gasteiger charge is 2.47. The summed E-state index contributed by atoms with van der Waals surface area (Å²) in [4.78, 5) is 21.8. The van der Waals surface area contributed by atoms with E-state index in [0.29, 0.717) is 6.42 Å². The first-order valence-electron chi connectivity index (χ1n) is 5.09. The largest absolute Gasteiger partial charge is 0.495 e. The van der Waals surface area contributed by atoms with Crippen molar-refractivity contribution in [3.05, 3.63) is 11.8 Å². The van der Waals surface area contributed by atoms with Crippen LogP contribution >= 0.6 is 0 Å². The molecule has 82 valence electrons. The molecule has 2 aliphatic rings. The number of hydrogen-bond donors (Lipinski definition) is 0. The van der Waals surface area contributed by atoms with Gasteiger partial charge in [-0.2, -0.15) is 0 Å². The van der Waals surface area contributed by atoms with E-state index in [0.717, 1.165) is 12.0 Å². The lowest BCUT2D eigenvalue weighted by atomic mass is 9.96. The van der Waals surface area contributed by atoms with Gasteiger partial charge in [0.2, 0.25) is 0 Å². The summed E-state index contributed by atoms with van der Waals surface area (Å²) in [5.74, 6) is 0.342. The molecule has 0 aromatic carbocycles. The molecule has 1 heterocycles. The Kier molecular flexibility index (Phi) is 2.50. The van der Waals surface area contributed by atoms with Gasteiger partial charge in [0.25, 0.3) is 0 Å². The van der Waals surface area contributed by atoms with E-state index in [2.05, 4.69) is 0 Å². The molecular weight excluding hydrogens is 196 g/mol. The predicted octanol–water partition coefficient (Wildman–Crippen LogP) is 1.06. The molecule has 0 amide bonds. The van der Waals surface area contributed by atoms with Crippen LogP contribution in [0.5, 0.6) is 0 Å². The van der Waals surface area contributed by atoms with Crippen molar-refractivity contribution in [2.75, 3.05) is 0 Å². The summed E-state index contributed by atoms with van der Waals surface area (Å²) >= 11 is 0. The average Bonchev–Trinajstić information content (AvgIpc) is 2.59. The van der Waals surface area contributed by atoms with Crippen molar-refractivity contribution in [1.82, 2.24) is 0 Å². The molecule has 2 rings (SSSR count).